The second-order valence-electron chi connectivity index (χ2n) is 7.16. The van der Waals surface area contributed by atoms with Crippen LogP contribution in [0.4, 0.5) is 0 Å². The zero-order valence-corrected chi connectivity index (χ0v) is 17.5. The first-order valence-electron chi connectivity index (χ1n) is 9.42. The molecule has 3 aromatic rings. The molecule has 4 rings (SSSR count). The first-order chi connectivity index (χ1) is 14.4. The third-order valence-corrected chi connectivity index (χ3v) is 7.26. The summed E-state index contributed by atoms with van der Waals surface area (Å²) in [6.07, 6.45) is 0.634. The molecule has 0 spiro atoms. The fourth-order valence-corrected chi connectivity index (χ4v) is 5.54. The smallest absolute Gasteiger partial charge is 0.246 e. The number of aromatic nitrogens is 1. The minimum atomic E-state index is -4.05. The topological polar surface area (TPSA) is 99.6 Å². The summed E-state index contributed by atoms with van der Waals surface area (Å²) in [4.78, 5) is 17.0. The molecule has 0 bridgehead atoms. The van der Waals surface area contributed by atoms with Gasteiger partial charge < -0.3 is 10.4 Å². The fraction of sp³-hybridized carbons (Fsp3) is 0.238. The van der Waals surface area contributed by atoms with Crippen molar-refractivity contribution in [3.8, 4) is 0 Å². The maximum atomic E-state index is 13.4. The minimum absolute atomic E-state index is 0.0187. The van der Waals surface area contributed by atoms with Gasteiger partial charge >= 0.3 is 0 Å². The van der Waals surface area contributed by atoms with Gasteiger partial charge in [0.15, 0.2) is 0 Å². The number of benzene rings is 2. The van der Waals surface area contributed by atoms with Crippen molar-refractivity contribution in [3.63, 3.8) is 0 Å². The first-order valence-corrected chi connectivity index (χ1v) is 11.2. The average molecular weight is 446 g/mol. The summed E-state index contributed by atoms with van der Waals surface area (Å²) in [5.41, 5.74) is 1.17. The number of β-amino-alcohol motifs (C(OH)–C–C–N with tert-alkyl or cyclic N) is 1. The number of carbonyl (C=O) groups excluding carboxylic acids is 1. The summed E-state index contributed by atoms with van der Waals surface area (Å²) in [7, 11) is -4.05. The van der Waals surface area contributed by atoms with E-state index in [-0.39, 0.29) is 24.4 Å². The maximum Gasteiger partial charge on any atom is 0.246 e. The Morgan fingerprint density at radius 3 is 2.67 bits per heavy atom. The number of nitrogens with zero attached hydrogens (tertiary/aromatic N) is 2. The number of pyridine rings is 1. The van der Waals surface area contributed by atoms with Crippen molar-refractivity contribution < 1.29 is 18.3 Å². The lowest BCUT2D eigenvalue weighted by atomic mass is 10.2. The van der Waals surface area contributed by atoms with Crippen molar-refractivity contribution in [1.29, 1.82) is 0 Å². The summed E-state index contributed by atoms with van der Waals surface area (Å²) in [5, 5.41) is 14.2. The van der Waals surface area contributed by atoms with Gasteiger partial charge in [0.2, 0.25) is 15.9 Å². The Morgan fingerprint density at radius 2 is 1.90 bits per heavy atom. The van der Waals surface area contributed by atoms with E-state index in [4.69, 9.17) is 11.6 Å². The van der Waals surface area contributed by atoms with Crippen molar-refractivity contribution in [3.05, 3.63) is 71.4 Å². The van der Waals surface area contributed by atoms with Crippen LogP contribution in [0.3, 0.4) is 0 Å². The molecule has 0 aliphatic carbocycles. The molecule has 1 fully saturated rings. The molecule has 2 heterocycles. The normalized spacial score (nSPS) is 19.8. The molecule has 1 amide bonds. The van der Waals surface area contributed by atoms with Gasteiger partial charge in [-0.1, -0.05) is 41.9 Å². The molecule has 30 heavy (non-hydrogen) atoms. The Kier molecular flexibility index (Phi) is 5.75. The first kappa shape index (κ1) is 20.7. The molecule has 2 aromatic carbocycles. The average Bonchev–Trinajstić information content (AvgIpc) is 3.15. The minimum Gasteiger partial charge on any atom is -0.392 e. The van der Waals surface area contributed by atoms with Crippen LogP contribution in [-0.2, 0) is 21.4 Å². The van der Waals surface area contributed by atoms with Gasteiger partial charge in [-0.2, -0.15) is 4.31 Å². The highest BCUT2D eigenvalue weighted by atomic mass is 35.5. The van der Waals surface area contributed by atoms with E-state index >= 15 is 0 Å². The van der Waals surface area contributed by atoms with Gasteiger partial charge in [-0.3, -0.25) is 9.78 Å². The lowest BCUT2D eigenvalue weighted by molar-refractivity contribution is -0.124. The summed E-state index contributed by atoms with van der Waals surface area (Å²) in [6.45, 7) is 0.0803. The second kappa shape index (κ2) is 8.31. The largest absolute Gasteiger partial charge is 0.392 e. The van der Waals surface area contributed by atoms with Crippen molar-refractivity contribution in [2.24, 2.45) is 0 Å². The summed E-state index contributed by atoms with van der Waals surface area (Å²) in [5.74, 6) is -0.460. The highest BCUT2D eigenvalue weighted by molar-refractivity contribution is 7.89. The highest BCUT2D eigenvalue weighted by Crippen LogP contribution is 2.30. The number of hydrogen-bond acceptors (Lipinski definition) is 5. The Balaban J connectivity index is 1.60. The van der Waals surface area contributed by atoms with Gasteiger partial charge in [0, 0.05) is 36.1 Å². The van der Waals surface area contributed by atoms with Gasteiger partial charge in [0.1, 0.15) is 10.9 Å². The van der Waals surface area contributed by atoms with E-state index in [9.17, 15) is 18.3 Å². The molecular formula is C21H20ClN3O4S. The molecule has 1 aromatic heterocycles. The molecule has 2 atom stereocenters. The van der Waals surface area contributed by atoms with Crippen LogP contribution < -0.4 is 5.32 Å². The van der Waals surface area contributed by atoms with Crippen LogP contribution in [0.2, 0.25) is 5.02 Å². The number of aliphatic hydroxyl groups excluding tert-OH is 1. The Bertz CT molecular complexity index is 1180. The van der Waals surface area contributed by atoms with Crippen molar-refractivity contribution in [2.75, 3.05) is 6.54 Å². The lowest BCUT2D eigenvalue weighted by Crippen LogP contribution is -2.45. The van der Waals surface area contributed by atoms with Crippen LogP contribution in [0.5, 0.6) is 0 Å². The molecule has 1 aliphatic rings. The van der Waals surface area contributed by atoms with E-state index in [1.807, 2.05) is 0 Å². The summed E-state index contributed by atoms with van der Waals surface area (Å²) >= 11 is 5.87. The molecule has 1 saturated heterocycles. The third kappa shape index (κ3) is 4.04. The summed E-state index contributed by atoms with van der Waals surface area (Å²) in [6, 6.07) is 14.4. The van der Waals surface area contributed by atoms with Gasteiger partial charge in [-0.25, -0.2) is 8.42 Å². The molecule has 2 N–H and O–H groups in total. The number of halogens is 1. The van der Waals surface area contributed by atoms with Crippen LogP contribution in [0.1, 0.15) is 12.0 Å². The highest BCUT2D eigenvalue weighted by Gasteiger charge is 2.44. The molecule has 7 nitrogen and oxygen atoms in total. The number of carbonyl (C=O) groups is 1. The Labute approximate surface area is 179 Å². The standard InChI is InChI=1S/C21H20ClN3O4S/c22-16-8-6-14(7-9-16)12-24-21(27)18-11-17(26)13-25(18)30(28,29)19-5-1-3-15-4-2-10-23-20(15)19/h1-10,17-18,26H,11-13H2,(H,24,27). The van der Waals surface area contributed by atoms with Crippen molar-refractivity contribution in [1.82, 2.24) is 14.6 Å². The van der Waals surface area contributed by atoms with E-state index in [0.29, 0.717) is 15.9 Å². The Hall–Kier alpha value is -2.52. The molecular weight excluding hydrogens is 426 g/mol. The number of sulfonamides is 1. The van der Waals surface area contributed by atoms with E-state index in [1.54, 1.807) is 48.5 Å². The fourth-order valence-electron chi connectivity index (χ4n) is 3.61. The van der Waals surface area contributed by atoms with Crippen LogP contribution in [0.25, 0.3) is 10.9 Å². The number of aliphatic hydroxyl groups is 1. The molecule has 1 aliphatic heterocycles. The number of rotatable bonds is 5. The third-order valence-electron chi connectivity index (χ3n) is 5.10. The number of para-hydroxylation sites is 1. The number of fused-ring (bicyclic) bond motifs is 1. The number of hydrogen-bond donors (Lipinski definition) is 2. The monoisotopic (exact) mass is 445 g/mol. The molecule has 156 valence electrons. The molecule has 2 unspecified atom stereocenters. The maximum absolute atomic E-state index is 13.4. The van der Waals surface area contributed by atoms with Gasteiger partial charge in [0.25, 0.3) is 0 Å². The van der Waals surface area contributed by atoms with E-state index in [1.165, 1.54) is 12.3 Å². The van der Waals surface area contributed by atoms with Crippen LogP contribution in [-0.4, -0.2) is 47.4 Å². The molecule has 9 heteroatoms. The van der Waals surface area contributed by atoms with Crippen LogP contribution in [0.15, 0.2) is 65.7 Å². The Morgan fingerprint density at radius 1 is 1.17 bits per heavy atom. The zero-order valence-electron chi connectivity index (χ0n) is 15.9. The quantitative estimate of drug-likeness (QED) is 0.628. The summed E-state index contributed by atoms with van der Waals surface area (Å²) < 4.78 is 27.9. The van der Waals surface area contributed by atoms with Crippen molar-refractivity contribution in [2.45, 2.75) is 30.0 Å². The van der Waals surface area contributed by atoms with Crippen LogP contribution >= 0.6 is 11.6 Å². The van der Waals surface area contributed by atoms with Gasteiger partial charge in [0.05, 0.1) is 11.6 Å². The molecule has 0 radical (unpaired) electrons. The van der Waals surface area contributed by atoms with Crippen LogP contribution in [0, 0.1) is 0 Å². The number of nitrogens with one attached hydrogen (secondary N) is 1. The molecule has 0 saturated carbocycles. The van der Waals surface area contributed by atoms with Crippen molar-refractivity contribution >= 4 is 38.4 Å². The van der Waals surface area contributed by atoms with E-state index in [2.05, 4.69) is 10.3 Å². The van der Waals surface area contributed by atoms with E-state index < -0.39 is 28.1 Å². The van der Waals surface area contributed by atoms with Gasteiger partial charge in [-0.05, 0) is 29.8 Å². The predicted octanol–water partition coefficient (Wildman–Crippen LogP) is 2.33. The lowest BCUT2D eigenvalue weighted by Gasteiger charge is -2.23. The van der Waals surface area contributed by atoms with E-state index in [0.717, 1.165) is 9.87 Å². The SMILES string of the molecule is O=C(NCc1ccc(Cl)cc1)C1CC(O)CN1S(=O)(=O)c1cccc2cccnc12. The second-order valence-corrected chi connectivity index (χ2v) is 9.45. The predicted molar refractivity (Wildman–Crippen MR) is 113 cm³/mol. The zero-order chi connectivity index (χ0) is 21.3. The number of amides is 1. The van der Waals surface area contributed by atoms with Gasteiger partial charge in [-0.15, -0.1) is 0 Å².